The van der Waals surface area contributed by atoms with E-state index < -0.39 is 10.1 Å². The van der Waals surface area contributed by atoms with Gasteiger partial charge >= 0.3 is 10.1 Å². The fraction of sp³-hybridized carbons (Fsp3) is 0.0714. The lowest BCUT2D eigenvalue weighted by Gasteiger charge is -2.02. The molecule has 0 bridgehead atoms. The summed E-state index contributed by atoms with van der Waals surface area (Å²) in [6.45, 7) is 0. The molecule has 0 heterocycles. The summed E-state index contributed by atoms with van der Waals surface area (Å²) < 4.78 is 26.7. The third kappa shape index (κ3) is 4.68. The van der Waals surface area contributed by atoms with Crippen molar-refractivity contribution < 1.29 is 12.6 Å². The van der Waals surface area contributed by atoms with Crippen LogP contribution in [-0.4, -0.2) is 20.9 Å². The molecular weight excluding hydrogens is 298 g/mol. The maximum atomic E-state index is 11.0. The Balaban J connectivity index is 2.09. The van der Waals surface area contributed by atoms with Crippen LogP contribution in [0.2, 0.25) is 5.02 Å². The highest BCUT2D eigenvalue weighted by molar-refractivity contribution is 7.86. The van der Waals surface area contributed by atoms with Gasteiger partial charge < -0.3 is 4.18 Å². The average molecular weight is 310 g/mol. The van der Waals surface area contributed by atoms with Crippen LogP contribution in [0, 0.1) is 0 Å². The van der Waals surface area contributed by atoms with Crippen molar-refractivity contribution >= 4 is 33.6 Å². The first-order chi connectivity index (χ1) is 9.42. The second-order valence-electron chi connectivity index (χ2n) is 4.09. The number of hydrogen-bond donors (Lipinski definition) is 0. The molecule has 2 aromatic carbocycles. The van der Waals surface area contributed by atoms with Crippen molar-refractivity contribution in [1.29, 1.82) is 0 Å². The van der Waals surface area contributed by atoms with Crippen molar-refractivity contribution in [3.05, 3.63) is 59.1 Å². The van der Waals surface area contributed by atoms with Crippen molar-refractivity contribution in [3.63, 3.8) is 0 Å². The molecular formula is C14H12ClNO3S. The van der Waals surface area contributed by atoms with E-state index in [-0.39, 0.29) is 5.75 Å². The van der Waals surface area contributed by atoms with Gasteiger partial charge in [-0.15, -0.1) is 0 Å². The summed E-state index contributed by atoms with van der Waals surface area (Å²) in [4.78, 5) is 4.28. The van der Waals surface area contributed by atoms with Crippen LogP contribution in [0.5, 0.6) is 5.75 Å². The normalized spacial score (nSPS) is 11.7. The van der Waals surface area contributed by atoms with Crippen LogP contribution in [0.25, 0.3) is 0 Å². The van der Waals surface area contributed by atoms with Crippen molar-refractivity contribution in [3.8, 4) is 5.75 Å². The monoisotopic (exact) mass is 309 g/mol. The SMILES string of the molecule is CS(=O)(=O)Oc1ccc(/C=N/c2ccc(Cl)cc2)cc1. The molecule has 2 rings (SSSR count). The number of benzene rings is 2. The molecule has 6 heteroatoms. The molecule has 0 aliphatic carbocycles. The van der Waals surface area contributed by atoms with Gasteiger partial charge in [0.15, 0.2) is 0 Å². The lowest BCUT2D eigenvalue weighted by atomic mass is 10.2. The summed E-state index contributed by atoms with van der Waals surface area (Å²) in [7, 11) is -3.50. The molecule has 0 fully saturated rings. The minimum Gasteiger partial charge on any atom is -0.383 e. The summed E-state index contributed by atoms with van der Waals surface area (Å²) >= 11 is 5.78. The van der Waals surface area contributed by atoms with Crippen molar-refractivity contribution in [2.75, 3.05) is 6.26 Å². The van der Waals surface area contributed by atoms with Gasteiger partial charge in [-0.2, -0.15) is 8.42 Å². The van der Waals surface area contributed by atoms with Crippen LogP contribution in [0.4, 0.5) is 5.69 Å². The Hall–Kier alpha value is -1.85. The van der Waals surface area contributed by atoms with Crippen LogP contribution in [-0.2, 0) is 10.1 Å². The highest BCUT2D eigenvalue weighted by Gasteiger charge is 2.03. The summed E-state index contributed by atoms with van der Waals surface area (Å²) in [5, 5.41) is 0.659. The van der Waals surface area contributed by atoms with E-state index >= 15 is 0 Å². The fourth-order valence-corrected chi connectivity index (χ4v) is 2.05. The second kappa shape index (κ2) is 6.07. The lowest BCUT2D eigenvalue weighted by Crippen LogP contribution is -2.05. The zero-order chi connectivity index (χ0) is 14.6. The van der Waals surface area contributed by atoms with Gasteiger partial charge in [0.25, 0.3) is 0 Å². The lowest BCUT2D eigenvalue weighted by molar-refractivity contribution is 0.493. The fourth-order valence-electron chi connectivity index (χ4n) is 1.46. The van der Waals surface area contributed by atoms with E-state index in [1.54, 1.807) is 54.7 Å². The van der Waals surface area contributed by atoms with E-state index in [2.05, 4.69) is 4.99 Å². The number of halogens is 1. The quantitative estimate of drug-likeness (QED) is 0.642. The zero-order valence-electron chi connectivity index (χ0n) is 10.7. The van der Waals surface area contributed by atoms with Crippen LogP contribution in [0.15, 0.2) is 53.5 Å². The van der Waals surface area contributed by atoms with Crippen LogP contribution >= 0.6 is 11.6 Å². The molecule has 4 nitrogen and oxygen atoms in total. The molecule has 0 saturated heterocycles. The van der Waals surface area contributed by atoms with E-state index in [1.165, 1.54) is 0 Å². The maximum absolute atomic E-state index is 11.0. The van der Waals surface area contributed by atoms with Gasteiger partial charge in [-0.1, -0.05) is 11.6 Å². The van der Waals surface area contributed by atoms with E-state index in [4.69, 9.17) is 15.8 Å². The highest BCUT2D eigenvalue weighted by Crippen LogP contribution is 2.17. The third-order valence-corrected chi connectivity index (χ3v) is 3.06. The average Bonchev–Trinajstić information content (AvgIpc) is 2.38. The zero-order valence-corrected chi connectivity index (χ0v) is 12.2. The first-order valence-corrected chi connectivity index (χ1v) is 7.91. The first kappa shape index (κ1) is 14.6. The summed E-state index contributed by atoms with van der Waals surface area (Å²) in [5.41, 5.74) is 1.62. The Morgan fingerprint density at radius 1 is 1.05 bits per heavy atom. The van der Waals surface area contributed by atoms with E-state index in [0.717, 1.165) is 17.5 Å². The predicted octanol–water partition coefficient (Wildman–Crippen LogP) is 3.43. The molecule has 104 valence electrons. The van der Waals surface area contributed by atoms with E-state index in [0.29, 0.717) is 5.02 Å². The maximum Gasteiger partial charge on any atom is 0.306 e. The Morgan fingerprint density at radius 2 is 1.65 bits per heavy atom. The highest BCUT2D eigenvalue weighted by atomic mass is 35.5. The van der Waals surface area contributed by atoms with E-state index in [1.807, 2.05) is 0 Å². The van der Waals surface area contributed by atoms with Gasteiger partial charge in [-0.3, -0.25) is 4.99 Å². The molecule has 0 spiro atoms. The number of hydrogen-bond acceptors (Lipinski definition) is 4. The first-order valence-electron chi connectivity index (χ1n) is 5.71. The molecule has 0 atom stereocenters. The molecule has 0 radical (unpaired) electrons. The Kier molecular flexibility index (Phi) is 4.42. The molecule has 0 N–H and O–H groups in total. The molecule has 0 amide bonds. The van der Waals surface area contributed by atoms with Gasteiger partial charge in [0.2, 0.25) is 0 Å². The van der Waals surface area contributed by atoms with Crippen molar-refractivity contribution in [2.24, 2.45) is 4.99 Å². The molecule has 20 heavy (non-hydrogen) atoms. The molecule has 0 aliphatic rings. The van der Waals surface area contributed by atoms with Gasteiger partial charge in [-0.05, 0) is 54.1 Å². The van der Waals surface area contributed by atoms with E-state index in [9.17, 15) is 8.42 Å². The van der Waals surface area contributed by atoms with Crippen LogP contribution in [0.3, 0.4) is 0 Å². The van der Waals surface area contributed by atoms with Gasteiger partial charge in [0.1, 0.15) is 5.75 Å². The number of nitrogens with zero attached hydrogens (tertiary/aromatic N) is 1. The summed E-state index contributed by atoms with van der Waals surface area (Å²) in [6, 6.07) is 13.7. The molecule has 0 saturated carbocycles. The summed E-state index contributed by atoms with van der Waals surface area (Å²) in [5.74, 6) is 0.274. The standard InChI is InChI=1S/C14H12ClNO3S/c1-20(17,18)19-14-8-2-11(3-9-14)10-16-13-6-4-12(15)5-7-13/h2-10H,1H3/b16-10+. The molecule has 0 aliphatic heterocycles. The number of rotatable bonds is 4. The van der Waals surface area contributed by atoms with Crippen molar-refractivity contribution in [2.45, 2.75) is 0 Å². The molecule has 0 aromatic heterocycles. The predicted molar refractivity (Wildman–Crippen MR) is 80.6 cm³/mol. The van der Waals surface area contributed by atoms with Gasteiger partial charge in [0.05, 0.1) is 11.9 Å². The topological polar surface area (TPSA) is 55.7 Å². The minimum atomic E-state index is -3.50. The Bertz CT molecular complexity index is 707. The third-order valence-electron chi connectivity index (χ3n) is 2.32. The largest absolute Gasteiger partial charge is 0.383 e. The second-order valence-corrected chi connectivity index (χ2v) is 6.10. The van der Waals surface area contributed by atoms with Crippen LogP contribution < -0.4 is 4.18 Å². The van der Waals surface area contributed by atoms with Crippen LogP contribution in [0.1, 0.15) is 5.56 Å². The Labute approximate surface area is 122 Å². The van der Waals surface area contributed by atoms with Crippen molar-refractivity contribution in [1.82, 2.24) is 0 Å². The number of aliphatic imine (C=N–C) groups is 1. The smallest absolute Gasteiger partial charge is 0.306 e. The summed E-state index contributed by atoms with van der Waals surface area (Å²) in [6.07, 6.45) is 2.68. The molecule has 2 aromatic rings. The Morgan fingerprint density at radius 3 is 2.20 bits per heavy atom. The van der Waals surface area contributed by atoms with Gasteiger partial charge in [-0.25, -0.2) is 0 Å². The molecule has 0 unspecified atom stereocenters. The minimum absolute atomic E-state index is 0.274. The van der Waals surface area contributed by atoms with Gasteiger partial charge in [0, 0.05) is 11.2 Å².